The van der Waals surface area contributed by atoms with Crippen LogP contribution in [0.5, 0.6) is 0 Å². The number of hydrogen-bond acceptors (Lipinski definition) is 5. The molecule has 1 aromatic carbocycles. The number of fused-ring (bicyclic) bond motifs is 1. The van der Waals surface area contributed by atoms with Crippen LogP contribution >= 0.6 is 22.7 Å². The zero-order valence-electron chi connectivity index (χ0n) is 12.9. The van der Waals surface area contributed by atoms with Crippen LogP contribution in [0.4, 0.5) is 4.39 Å². The minimum Gasteiger partial charge on any atom is -0.364 e. The highest BCUT2D eigenvalue weighted by Gasteiger charge is 2.18. The van der Waals surface area contributed by atoms with E-state index >= 15 is 0 Å². The molecule has 0 saturated heterocycles. The molecule has 0 spiro atoms. The molecule has 7 heteroatoms. The van der Waals surface area contributed by atoms with Gasteiger partial charge in [-0.3, -0.25) is 4.79 Å². The molecule has 0 atom stereocenters. The van der Waals surface area contributed by atoms with E-state index in [1.807, 2.05) is 17.5 Å². The van der Waals surface area contributed by atoms with Crippen molar-refractivity contribution in [1.29, 1.82) is 0 Å². The number of amides is 1. The van der Waals surface area contributed by atoms with Crippen LogP contribution < -0.4 is 5.73 Å². The van der Waals surface area contributed by atoms with Crippen LogP contribution in [0.25, 0.3) is 20.5 Å². The maximum atomic E-state index is 13.2. The van der Waals surface area contributed by atoms with E-state index in [1.54, 1.807) is 23.5 Å². The molecule has 3 aromatic heterocycles. The lowest BCUT2D eigenvalue weighted by Gasteiger charge is -2.02. The highest BCUT2D eigenvalue weighted by atomic mass is 32.1. The van der Waals surface area contributed by atoms with Gasteiger partial charge >= 0.3 is 0 Å². The SMILES string of the molecule is NC(=O)c1nnc(Cc2ccsc2)c2cc(-c3ccc(F)cc3)sc12. The van der Waals surface area contributed by atoms with Crippen molar-refractivity contribution in [2.24, 2.45) is 5.73 Å². The van der Waals surface area contributed by atoms with Crippen LogP contribution in [0.1, 0.15) is 21.7 Å². The van der Waals surface area contributed by atoms with E-state index in [1.165, 1.54) is 23.5 Å². The lowest BCUT2D eigenvalue weighted by Crippen LogP contribution is -2.14. The monoisotopic (exact) mass is 369 g/mol. The number of nitrogens with two attached hydrogens (primary N) is 1. The van der Waals surface area contributed by atoms with Gasteiger partial charge in [0.15, 0.2) is 5.69 Å². The number of benzene rings is 1. The summed E-state index contributed by atoms with van der Waals surface area (Å²) in [6, 6.07) is 10.3. The number of primary amides is 1. The van der Waals surface area contributed by atoms with Crippen molar-refractivity contribution < 1.29 is 9.18 Å². The van der Waals surface area contributed by atoms with E-state index in [0.717, 1.165) is 27.1 Å². The zero-order valence-corrected chi connectivity index (χ0v) is 14.5. The summed E-state index contributed by atoms with van der Waals surface area (Å²) in [6.45, 7) is 0. The number of halogens is 1. The number of rotatable bonds is 4. The average molecular weight is 369 g/mol. The summed E-state index contributed by atoms with van der Waals surface area (Å²) in [5.41, 5.74) is 8.43. The topological polar surface area (TPSA) is 68.9 Å². The minimum absolute atomic E-state index is 0.169. The average Bonchev–Trinajstić information content (AvgIpc) is 3.25. The molecule has 0 bridgehead atoms. The van der Waals surface area contributed by atoms with Gasteiger partial charge in [0, 0.05) is 16.7 Å². The predicted octanol–water partition coefficient (Wildman–Crippen LogP) is 4.25. The smallest absolute Gasteiger partial charge is 0.270 e. The Morgan fingerprint density at radius 3 is 2.64 bits per heavy atom. The zero-order chi connectivity index (χ0) is 17.4. The van der Waals surface area contributed by atoms with Gasteiger partial charge in [-0.15, -0.1) is 16.4 Å². The van der Waals surface area contributed by atoms with Gasteiger partial charge in [0.2, 0.25) is 0 Å². The molecule has 0 saturated carbocycles. The molecule has 3 heterocycles. The lowest BCUT2D eigenvalue weighted by atomic mass is 10.1. The third-order valence-electron chi connectivity index (χ3n) is 3.84. The molecule has 0 radical (unpaired) electrons. The molecule has 0 aliphatic rings. The Bertz CT molecular complexity index is 1060. The summed E-state index contributed by atoms with van der Waals surface area (Å²) >= 11 is 3.04. The molecule has 4 aromatic rings. The second kappa shape index (κ2) is 6.34. The molecule has 4 nitrogen and oxygen atoms in total. The van der Waals surface area contributed by atoms with Gasteiger partial charge < -0.3 is 5.73 Å². The molecular weight excluding hydrogens is 357 g/mol. The summed E-state index contributed by atoms with van der Waals surface area (Å²) in [6.07, 6.45) is 0.631. The molecule has 124 valence electrons. The molecule has 0 aliphatic heterocycles. The highest BCUT2D eigenvalue weighted by molar-refractivity contribution is 7.22. The third-order valence-corrected chi connectivity index (χ3v) is 5.77. The summed E-state index contributed by atoms with van der Waals surface area (Å²) in [5.74, 6) is -0.892. The van der Waals surface area contributed by atoms with Gasteiger partial charge in [0.05, 0.1) is 10.4 Å². The van der Waals surface area contributed by atoms with Crippen molar-refractivity contribution in [3.63, 3.8) is 0 Å². The Morgan fingerprint density at radius 2 is 1.96 bits per heavy atom. The molecule has 2 N–H and O–H groups in total. The number of carbonyl (C=O) groups is 1. The predicted molar refractivity (Wildman–Crippen MR) is 98.5 cm³/mol. The number of nitrogens with zero attached hydrogens (tertiary/aromatic N) is 2. The first kappa shape index (κ1) is 15.9. The van der Waals surface area contributed by atoms with E-state index in [-0.39, 0.29) is 11.5 Å². The minimum atomic E-state index is -0.605. The molecule has 1 amide bonds. The van der Waals surface area contributed by atoms with Crippen LogP contribution in [-0.2, 0) is 6.42 Å². The number of aromatic nitrogens is 2. The van der Waals surface area contributed by atoms with Gasteiger partial charge in [-0.05, 0) is 46.2 Å². The third kappa shape index (κ3) is 3.04. The maximum absolute atomic E-state index is 13.2. The number of thiophene rings is 2. The molecule has 0 aliphatic carbocycles. The van der Waals surface area contributed by atoms with Crippen molar-refractivity contribution in [3.05, 3.63) is 69.9 Å². The van der Waals surface area contributed by atoms with Gasteiger partial charge in [-0.2, -0.15) is 16.4 Å². The Balaban J connectivity index is 1.88. The molecular formula is C18H12FN3OS2. The van der Waals surface area contributed by atoms with Crippen LogP contribution in [0.15, 0.2) is 47.2 Å². The first-order valence-corrected chi connectivity index (χ1v) is 9.23. The summed E-state index contributed by atoms with van der Waals surface area (Å²) in [7, 11) is 0. The second-order valence-electron chi connectivity index (χ2n) is 5.53. The van der Waals surface area contributed by atoms with Crippen molar-refractivity contribution >= 4 is 38.7 Å². The van der Waals surface area contributed by atoms with E-state index in [2.05, 4.69) is 15.6 Å². The maximum Gasteiger partial charge on any atom is 0.270 e. The quantitative estimate of drug-likeness (QED) is 0.585. The molecule has 0 fully saturated rings. The van der Waals surface area contributed by atoms with Crippen LogP contribution in [0.3, 0.4) is 0 Å². The molecule has 4 rings (SSSR count). The fraction of sp³-hybridized carbons (Fsp3) is 0.0556. The highest BCUT2D eigenvalue weighted by Crippen LogP contribution is 2.36. The van der Waals surface area contributed by atoms with E-state index < -0.39 is 5.91 Å². The van der Waals surface area contributed by atoms with E-state index in [9.17, 15) is 9.18 Å². The van der Waals surface area contributed by atoms with Gasteiger partial charge in [0.1, 0.15) is 5.82 Å². The van der Waals surface area contributed by atoms with Crippen molar-refractivity contribution in [3.8, 4) is 10.4 Å². The summed E-state index contributed by atoms with van der Waals surface area (Å²) in [4.78, 5) is 12.6. The second-order valence-corrected chi connectivity index (χ2v) is 7.36. The van der Waals surface area contributed by atoms with Gasteiger partial charge in [-0.1, -0.05) is 12.1 Å². The Morgan fingerprint density at radius 1 is 1.16 bits per heavy atom. The van der Waals surface area contributed by atoms with Crippen molar-refractivity contribution in [2.45, 2.75) is 6.42 Å². The van der Waals surface area contributed by atoms with Gasteiger partial charge in [-0.25, -0.2) is 4.39 Å². The molecule has 25 heavy (non-hydrogen) atoms. The Hall–Kier alpha value is -2.64. The van der Waals surface area contributed by atoms with Crippen molar-refractivity contribution in [1.82, 2.24) is 10.2 Å². The van der Waals surface area contributed by atoms with Crippen molar-refractivity contribution in [2.75, 3.05) is 0 Å². The van der Waals surface area contributed by atoms with Crippen LogP contribution in [0, 0.1) is 5.82 Å². The number of carbonyl (C=O) groups excluding carboxylic acids is 1. The standard InChI is InChI=1S/C18H12FN3OS2/c19-12-3-1-11(2-4-12)15-8-13-14(7-10-5-6-24-9-10)21-22-16(18(20)23)17(13)25-15/h1-6,8-9H,7H2,(H2,20,23). The normalized spacial score (nSPS) is 11.1. The van der Waals surface area contributed by atoms with E-state index in [4.69, 9.17) is 5.73 Å². The number of hydrogen-bond donors (Lipinski definition) is 1. The van der Waals surface area contributed by atoms with Gasteiger partial charge in [0.25, 0.3) is 5.91 Å². The van der Waals surface area contributed by atoms with Crippen LogP contribution in [-0.4, -0.2) is 16.1 Å². The first-order chi connectivity index (χ1) is 12.1. The summed E-state index contributed by atoms with van der Waals surface area (Å²) < 4.78 is 13.9. The van der Waals surface area contributed by atoms with E-state index in [0.29, 0.717) is 11.1 Å². The summed E-state index contributed by atoms with van der Waals surface area (Å²) in [5, 5.41) is 13.2. The molecule has 0 unspecified atom stereocenters. The first-order valence-electron chi connectivity index (χ1n) is 7.48. The fourth-order valence-corrected chi connectivity index (χ4v) is 4.47. The fourth-order valence-electron chi connectivity index (χ4n) is 2.63. The van der Waals surface area contributed by atoms with Crippen LogP contribution in [0.2, 0.25) is 0 Å². The Kier molecular flexibility index (Phi) is 4.03. The Labute approximate surface area is 150 Å². The lowest BCUT2D eigenvalue weighted by molar-refractivity contribution is 0.0996. The largest absolute Gasteiger partial charge is 0.364 e.